The third-order valence-electron chi connectivity index (χ3n) is 2.89. The Morgan fingerprint density at radius 3 is 2.89 bits per heavy atom. The quantitative estimate of drug-likeness (QED) is 0.895. The molecule has 0 fully saturated rings. The number of aromatic nitrogens is 3. The molecule has 0 aliphatic heterocycles. The van der Waals surface area contributed by atoms with Crippen molar-refractivity contribution in [2.75, 3.05) is 12.8 Å². The van der Waals surface area contributed by atoms with Crippen LogP contribution in [0.25, 0.3) is 11.3 Å². The van der Waals surface area contributed by atoms with Gasteiger partial charge in [0.05, 0.1) is 30.4 Å². The van der Waals surface area contributed by atoms with Gasteiger partial charge in [-0.15, -0.1) is 0 Å². The van der Waals surface area contributed by atoms with Gasteiger partial charge < -0.3 is 15.0 Å². The van der Waals surface area contributed by atoms with Crippen molar-refractivity contribution >= 4 is 5.82 Å². The van der Waals surface area contributed by atoms with Crippen molar-refractivity contribution < 1.29 is 4.74 Å². The third-order valence-corrected chi connectivity index (χ3v) is 2.89. The van der Waals surface area contributed by atoms with Gasteiger partial charge in [0.25, 0.3) is 0 Å². The zero-order valence-electron chi connectivity index (χ0n) is 10.9. The van der Waals surface area contributed by atoms with Gasteiger partial charge in [0, 0.05) is 18.9 Å². The first-order chi connectivity index (χ1) is 8.52. The molecule has 2 N–H and O–H groups in total. The van der Waals surface area contributed by atoms with Gasteiger partial charge in [-0.3, -0.25) is 0 Å². The number of imidazole rings is 1. The van der Waals surface area contributed by atoms with Gasteiger partial charge in [-0.1, -0.05) is 0 Å². The van der Waals surface area contributed by atoms with Gasteiger partial charge in [-0.25, -0.2) is 9.97 Å². The third kappa shape index (κ3) is 2.68. The van der Waals surface area contributed by atoms with E-state index in [0.29, 0.717) is 5.82 Å². The SMILES string of the molecule is COC(C)(C)Cn1cncc1-c1ccnc(N)c1. The van der Waals surface area contributed by atoms with Gasteiger partial charge in [0.1, 0.15) is 5.82 Å². The van der Waals surface area contributed by atoms with E-state index in [1.54, 1.807) is 19.6 Å². The van der Waals surface area contributed by atoms with Crippen LogP contribution in [0.3, 0.4) is 0 Å². The van der Waals surface area contributed by atoms with Crippen LogP contribution >= 0.6 is 0 Å². The number of nitrogens with zero attached hydrogens (tertiary/aromatic N) is 3. The molecule has 5 heteroatoms. The van der Waals surface area contributed by atoms with Crippen molar-refractivity contribution in [1.82, 2.24) is 14.5 Å². The van der Waals surface area contributed by atoms with Crippen LogP contribution in [0.5, 0.6) is 0 Å². The molecule has 96 valence electrons. The van der Waals surface area contributed by atoms with Crippen LogP contribution in [-0.2, 0) is 11.3 Å². The topological polar surface area (TPSA) is 66.0 Å². The number of hydrogen-bond acceptors (Lipinski definition) is 4. The molecule has 0 saturated heterocycles. The predicted molar refractivity (Wildman–Crippen MR) is 71.0 cm³/mol. The predicted octanol–water partition coefficient (Wildman–Crippen LogP) is 1.95. The zero-order chi connectivity index (χ0) is 13.2. The Morgan fingerprint density at radius 2 is 2.22 bits per heavy atom. The molecular weight excluding hydrogens is 228 g/mol. The second-order valence-corrected chi connectivity index (χ2v) is 4.84. The summed E-state index contributed by atoms with van der Waals surface area (Å²) in [4.78, 5) is 8.19. The summed E-state index contributed by atoms with van der Waals surface area (Å²) in [6, 6.07) is 3.76. The Hall–Kier alpha value is -1.88. The van der Waals surface area contributed by atoms with Crippen LogP contribution in [0.4, 0.5) is 5.82 Å². The first kappa shape index (κ1) is 12.6. The van der Waals surface area contributed by atoms with Crippen molar-refractivity contribution in [2.24, 2.45) is 0 Å². The lowest BCUT2D eigenvalue weighted by molar-refractivity contribution is 0.00848. The summed E-state index contributed by atoms with van der Waals surface area (Å²) in [7, 11) is 1.71. The summed E-state index contributed by atoms with van der Waals surface area (Å²) in [6.45, 7) is 4.80. The van der Waals surface area contributed by atoms with E-state index < -0.39 is 0 Å². The maximum atomic E-state index is 5.70. The standard InChI is InChI=1S/C13H18N4O/c1-13(2,18-3)8-17-9-15-7-11(17)10-4-5-16-12(14)6-10/h4-7,9H,8H2,1-3H3,(H2,14,16). The fraction of sp³-hybridized carbons (Fsp3) is 0.385. The molecule has 0 aliphatic carbocycles. The Morgan fingerprint density at radius 1 is 1.44 bits per heavy atom. The highest BCUT2D eigenvalue weighted by Gasteiger charge is 2.19. The Labute approximate surface area is 107 Å². The van der Waals surface area contributed by atoms with E-state index in [9.17, 15) is 0 Å². The number of rotatable bonds is 4. The van der Waals surface area contributed by atoms with Crippen molar-refractivity contribution in [1.29, 1.82) is 0 Å². The molecule has 0 saturated carbocycles. The molecule has 2 aromatic heterocycles. The van der Waals surface area contributed by atoms with Crippen molar-refractivity contribution in [3.63, 3.8) is 0 Å². The van der Waals surface area contributed by atoms with Crippen LogP contribution in [0.15, 0.2) is 30.9 Å². The molecule has 18 heavy (non-hydrogen) atoms. The molecular formula is C13H18N4O. The molecule has 2 rings (SSSR count). The minimum atomic E-state index is -0.242. The number of anilines is 1. The molecule has 2 heterocycles. The molecule has 0 aliphatic rings. The van der Waals surface area contributed by atoms with Crippen LogP contribution in [0.2, 0.25) is 0 Å². The van der Waals surface area contributed by atoms with E-state index >= 15 is 0 Å². The van der Waals surface area contributed by atoms with E-state index in [0.717, 1.165) is 17.8 Å². The lowest BCUT2D eigenvalue weighted by Gasteiger charge is -2.24. The van der Waals surface area contributed by atoms with Crippen LogP contribution in [0.1, 0.15) is 13.8 Å². The van der Waals surface area contributed by atoms with E-state index in [1.165, 1.54) is 0 Å². The number of nitrogens with two attached hydrogens (primary N) is 1. The Bertz CT molecular complexity index is 533. The van der Waals surface area contributed by atoms with E-state index in [-0.39, 0.29) is 5.60 Å². The Kier molecular flexibility index (Phi) is 3.34. The summed E-state index contributed by atoms with van der Waals surface area (Å²) in [5.74, 6) is 0.506. The molecule has 2 aromatic rings. The second kappa shape index (κ2) is 4.78. The lowest BCUT2D eigenvalue weighted by Crippen LogP contribution is -2.29. The largest absolute Gasteiger partial charge is 0.384 e. The summed E-state index contributed by atoms with van der Waals surface area (Å²) in [6.07, 6.45) is 5.32. The van der Waals surface area contributed by atoms with E-state index in [1.807, 2.05) is 32.2 Å². The summed E-state index contributed by atoms with van der Waals surface area (Å²) >= 11 is 0. The molecule has 5 nitrogen and oxygen atoms in total. The molecule has 0 spiro atoms. The molecule has 0 aromatic carbocycles. The summed E-state index contributed by atoms with van der Waals surface area (Å²) < 4.78 is 7.49. The van der Waals surface area contributed by atoms with Gasteiger partial charge in [-0.2, -0.15) is 0 Å². The van der Waals surface area contributed by atoms with E-state index in [4.69, 9.17) is 10.5 Å². The summed E-state index contributed by atoms with van der Waals surface area (Å²) in [5.41, 5.74) is 7.48. The lowest BCUT2D eigenvalue weighted by atomic mass is 10.1. The average molecular weight is 246 g/mol. The van der Waals surface area contributed by atoms with Crippen LogP contribution in [0, 0.1) is 0 Å². The molecule has 0 amide bonds. The molecule has 0 bridgehead atoms. The fourth-order valence-corrected chi connectivity index (χ4v) is 1.77. The maximum absolute atomic E-state index is 5.70. The van der Waals surface area contributed by atoms with E-state index in [2.05, 4.69) is 14.5 Å². The number of ether oxygens (including phenoxy) is 1. The highest BCUT2D eigenvalue weighted by molar-refractivity contribution is 5.61. The first-order valence-electron chi connectivity index (χ1n) is 5.79. The first-order valence-corrected chi connectivity index (χ1v) is 5.79. The highest BCUT2D eigenvalue weighted by Crippen LogP contribution is 2.22. The van der Waals surface area contributed by atoms with Crippen molar-refractivity contribution in [3.8, 4) is 11.3 Å². The molecule has 0 atom stereocenters. The van der Waals surface area contributed by atoms with Crippen LogP contribution < -0.4 is 5.73 Å². The maximum Gasteiger partial charge on any atom is 0.123 e. The Balaban J connectivity index is 2.33. The van der Waals surface area contributed by atoms with Gasteiger partial charge in [0.15, 0.2) is 0 Å². The van der Waals surface area contributed by atoms with Gasteiger partial charge >= 0.3 is 0 Å². The second-order valence-electron chi connectivity index (χ2n) is 4.84. The normalized spacial score (nSPS) is 11.7. The molecule has 0 unspecified atom stereocenters. The van der Waals surface area contributed by atoms with Crippen LogP contribution in [-0.4, -0.2) is 27.2 Å². The van der Waals surface area contributed by atoms with Crippen molar-refractivity contribution in [3.05, 3.63) is 30.9 Å². The monoisotopic (exact) mass is 246 g/mol. The number of nitrogen functional groups attached to an aromatic ring is 1. The number of pyridine rings is 1. The van der Waals surface area contributed by atoms with Gasteiger partial charge in [0.2, 0.25) is 0 Å². The minimum Gasteiger partial charge on any atom is -0.384 e. The smallest absolute Gasteiger partial charge is 0.123 e. The highest BCUT2D eigenvalue weighted by atomic mass is 16.5. The summed E-state index contributed by atoms with van der Waals surface area (Å²) in [5, 5.41) is 0. The van der Waals surface area contributed by atoms with Gasteiger partial charge in [-0.05, 0) is 26.0 Å². The zero-order valence-corrected chi connectivity index (χ0v) is 10.9. The molecule has 0 radical (unpaired) electrons. The van der Waals surface area contributed by atoms with Crippen molar-refractivity contribution in [2.45, 2.75) is 26.0 Å². The fourth-order valence-electron chi connectivity index (χ4n) is 1.77. The number of methoxy groups -OCH3 is 1. The number of hydrogen-bond donors (Lipinski definition) is 1. The minimum absolute atomic E-state index is 0.242. The average Bonchev–Trinajstić information content (AvgIpc) is 2.76.